The molecule has 0 aliphatic carbocycles. The Morgan fingerprint density at radius 2 is 1.45 bits per heavy atom. The third-order valence-electron chi connectivity index (χ3n) is 6.06. The van der Waals surface area contributed by atoms with E-state index in [0.29, 0.717) is 12.5 Å². The molecule has 0 bridgehead atoms. The molecule has 1 amide bonds. The Labute approximate surface area is 206 Å². The maximum absolute atomic E-state index is 13.0. The predicted molar refractivity (Wildman–Crippen MR) is 146 cm³/mol. The molecule has 1 unspecified atom stereocenters. The minimum atomic E-state index is -0.204. The minimum absolute atomic E-state index is 0.0674. The molecule has 0 spiro atoms. The van der Waals surface area contributed by atoms with Crippen LogP contribution >= 0.6 is 0 Å². The highest BCUT2D eigenvalue weighted by atomic mass is 16.2. The van der Waals surface area contributed by atoms with Crippen molar-refractivity contribution in [2.75, 3.05) is 13.1 Å². The van der Waals surface area contributed by atoms with E-state index in [1.807, 2.05) is 13.0 Å². The summed E-state index contributed by atoms with van der Waals surface area (Å²) in [6.45, 7) is 18.3. The van der Waals surface area contributed by atoms with Crippen LogP contribution in [0.5, 0.6) is 0 Å². The van der Waals surface area contributed by atoms with Gasteiger partial charge in [-0.15, -0.1) is 0 Å². The standard InChI is InChI=1S/C29H55N3O/c1-8-12-13-14-15-16-17-18-19-20-27(11-4)32-28(22-24(5)6)29(33)31-23-26(10-3)25(7)30-21-9-2/h10-11,24,28,30,32H,7-9,12-23H2,1-6H3,(H,31,33). The third kappa shape index (κ3) is 16.5. The topological polar surface area (TPSA) is 53.2 Å². The average Bonchev–Trinajstić information content (AvgIpc) is 2.80. The van der Waals surface area contributed by atoms with Crippen molar-refractivity contribution in [1.82, 2.24) is 16.0 Å². The molecular formula is C29H55N3O. The molecule has 0 heterocycles. The maximum atomic E-state index is 13.0. The van der Waals surface area contributed by atoms with Crippen LogP contribution in [0.25, 0.3) is 0 Å². The lowest BCUT2D eigenvalue weighted by Gasteiger charge is -2.24. The fourth-order valence-electron chi connectivity index (χ4n) is 3.93. The molecule has 0 aromatic heterocycles. The molecule has 0 aliphatic rings. The molecule has 0 aliphatic heterocycles. The molecule has 0 aromatic carbocycles. The lowest BCUT2D eigenvalue weighted by Crippen LogP contribution is -2.45. The fourth-order valence-corrected chi connectivity index (χ4v) is 3.93. The first-order valence-corrected chi connectivity index (χ1v) is 13.7. The molecule has 4 nitrogen and oxygen atoms in total. The number of amides is 1. The molecule has 33 heavy (non-hydrogen) atoms. The van der Waals surface area contributed by atoms with Gasteiger partial charge in [0.05, 0.1) is 0 Å². The van der Waals surface area contributed by atoms with E-state index in [1.54, 1.807) is 0 Å². The van der Waals surface area contributed by atoms with E-state index in [1.165, 1.54) is 63.5 Å². The third-order valence-corrected chi connectivity index (χ3v) is 6.06. The van der Waals surface area contributed by atoms with E-state index < -0.39 is 0 Å². The molecule has 0 saturated carbocycles. The second-order valence-electron chi connectivity index (χ2n) is 9.66. The van der Waals surface area contributed by atoms with Gasteiger partial charge < -0.3 is 16.0 Å². The fraction of sp³-hybridized carbons (Fsp3) is 0.759. The Bertz CT molecular complexity index is 577. The van der Waals surface area contributed by atoms with Crippen LogP contribution in [0.15, 0.2) is 35.7 Å². The lowest BCUT2D eigenvalue weighted by molar-refractivity contribution is -0.123. The summed E-state index contributed by atoms with van der Waals surface area (Å²) < 4.78 is 0. The minimum Gasteiger partial charge on any atom is -0.385 e. The zero-order chi connectivity index (χ0) is 24.9. The van der Waals surface area contributed by atoms with Crippen molar-refractivity contribution in [3.63, 3.8) is 0 Å². The molecule has 1 atom stereocenters. The smallest absolute Gasteiger partial charge is 0.242 e. The Balaban J connectivity index is 4.55. The highest BCUT2D eigenvalue weighted by Crippen LogP contribution is 2.14. The number of allylic oxidation sites excluding steroid dienone is 3. The van der Waals surface area contributed by atoms with E-state index in [0.717, 1.165) is 37.1 Å². The van der Waals surface area contributed by atoms with E-state index >= 15 is 0 Å². The van der Waals surface area contributed by atoms with Gasteiger partial charge in [-0.05, 0) is 51.0 Å². The van der Waals surface area contributed by atoms with Crippen LogP contribution in [0, 0.1) is 5.92 Å². The van der Waals surface area contributed by atoms with Crippen molar-refractivity contribution < 1.29 is 4.79 Å². The Morgan fingerprint density at radius 3 is 1.97 bits per heavy atom. The van der Waals surface area contributed by atoms with Crippen LogP contribution in [0.2, 0.25) is 0 Å². The zero-order valence-corrected chi connectivity index (χ0v) is 22.8. The number of hydrogen-bond donors (Lipinski definition) is 3. The Hall–Kier alpha value is -1.71. The van der Waals surface area contributed by atoms with Gasteiger partial charge in [0.15, 0.2) is 0 Å². The first kappa shape index (κ1) is 31.3. The Kier molecular flexibility index (Phi) is 19.8. The summed E-state index contributed by atoms with van der Waals surface area (Å²) in [6.07, 6.45) is 19.0. The zero-order valence-electron chi connectivity index (χ0n) is 22.8. The Morgan fingerprint density at radius 1 is 0.848 bits per heavy atom. The van der Waals surface area contributed by atoms with E-state index in [2.05, 4.69) is 63.2 Å². The van der Waals surface area contributed by atoms with Crippen molar-refractivity contribution in [3.8, 4) is 0 Å². The van der Waals surface area contributed by atoms with Crippen molar-refractivity contribution in [2.24, 2.45) is 5.92 Å². The van der Waals surface area contributed by atoms with E-state index in [9.17, 15) is 4.79 Å². The second kappa shape index (κ2) is 20.9. The second-order valence-corrected chi connectivity index (χ2v) is 9.66. The summed E-state index contributed by atoms with van der Waals surface area (Å²) in [5.74, 6) is 0.513. The molecule has 0 aromatic rings. The summed E-state index contributed by atoms with van der Waals surface area (Å²) >= 11 is 0. The van der Waals surface area contributed by atoms with Gasteiger partial charge >= 0.3 is 0 Å². The van der Waals surface area contributed by atoms with Gasteiger partial charge in [0.2, 0.25) is 5.91 Å². The molecule has 0 radical (unpaired) electrons. The number of hydrogen-bond acceptors (Lipinski definition) is 3. The molecule has 3 N–H and O–H groups in total. The number of carbonyl (C=O) groups is 1. The van der Waals surface area contributed by atoms with Crippen LogP contribution in [-0.4, -0.2) is 25.0 Å². The van der Waals surface area contributed by atoms with Gasteiger partial charge in [-0.25, -0.2) is 0 Å². The van der Waals surface area contributed by atoms with Gasteiger partial charge in [0.1, 0.15) is 6.04 Å². The quantitative estimate of drug-likeness (QED) is 0.123. The number of carbonyl (C=O) groups excluding carboxylic acids is 1. The summed E-state index contributed by atoms with van der Waals surface area (Å²) in [6, 6.07) is -0.204. The van der Waals surface area contributed by atoms with Gasteiger partial charge in [0.25, 0.3) is 0 Å². The molecule has 0 saturated heterocycles. The molecule has 0 fully saturated rings. The van der Waals surface area contributed by atoms with Gasteiger partial charge in [-0.2, -0.15) is 0 Å². The number of unbranched alkanes of at least 4 members (excludes halogenated alkanes) is 8. The van der Waals surface area contributed by atoms with Gasteiger partial charge in [-0.1, -0.05) is 97.8 Å². The first-order chi connectivity index (χ1) is 15.9. The summed E-state index contributed by atoms with van der Waals surface area (Å²) in [7, 11) is 0. The number of nitrogens with one attached hydrogen (secondary N) is 3. The summed E-state index contributed by atoms with van der Waals surface area (Å²) in [4.78, 5) is 13.0. The van der Waals surface area contributed by atoms with E-state index in [4.69, 9.17) is 0 Å². The predicted octanol–water partition coefficient (Wildman–Crippen LogP) is 7.39. The summed E-state index contributed by atoms with van der Waals surface area (Å²) in [5.41, 5.74) is 3.13. The number of rotatable bonds is 21. The van der Waals surface area contributed by atoms with Crippen LogP contribution in [0.3, 0.4) is 0 Å². The van der Waals surface area contributed by atoms with Crippen molar-refractivity contribution in [2.45, 2.75) is 125 Å². The van der Waals surface area contributed by atoms with Crippen LogP contribution in [0.1, 0.15) is 119 Å². The first-order valence-electron chi connectivity index (χ1n) is 13.7. The largest absolute Gasteiger partial charge is 0.385 e. The molecular weight excluding hydrogens is 406 g/mol. The SMILES string of the molecule is C=C(NCCC)C(=CC)CNC(=O)C(CC(C)C)NC(=CC)CCCCCCCCCCC. The summed E-state index contributed by atoms with van der Waals surface area (Å²) in [5, 5.41) is 10.0. The monoisotopic (exact) mass is 461 g/mol. The maximum Gasteiger partial charge on any atom is 0.242 e. The average molecular weight is 462 g/mol. The van der Waals surface area contributed by atoms with Gasteiger partial charge in [-0.3, -0.25) is 4.79 Å². The van der Waals surface area contributed by atoms with Crippen molar-refractivity contribution in [3.05, 3.63) is 35.7 Å². The highest BCUT2D eigenvalue weighted by Gasteiger charge is 2.20. The van der Waals surface area contributed by atoms with Crippen molar-refractivity contribution >= 4 is 5.91 Å². The van der Waals surface area contributed by atoms with Gasteiger partial charge in [0, 0.05) is 24.5 Å². The molecule has 192 valence electrons. The lowest BCUT2D eigenvalue weighted by atomic mass is 10.0. The molecule has 0 rings (SSSR count). The van der Waals surface area contributed by atoms with Crippen LogP contribution in [-0.2, 0) is 4.79 Å². The van der Waals surface area contributed by atoms with Crippen LogP contribution in [0.4, 0.5) is 0 Å². The van der Waals surface area contributed by atoms with Crippen LogP contribution < -0.4 is 16.0 Å². The van der Waals surface area contributed by atoms with Crippen molar-refractivity contribution in [1.29, 1.82) is 0 Å². The van der Waals surface area contributed by atoms with E-state index in [-0.39, 0.29) is 11.9 Å². The normalized spacial score (nSPS) is 13.2. The molecule has 4 heteroatoms. The highest BCUT2D eigenvalue weighted by molar-refractivity contribution is 5.82.